The molecule has 0 aromatic heterocycles. The van der Waals surface area contributed by atoms with Crippen molar-refractivity contribution in [3.8, 4) is 0 Å². The normalized spacial score (nSPS) is 13.2. The monoisotopic (exact) mass is 579 g/mol. The van der Waals surface area contributed by atoms with Crippen LogP contribution in [0.2, 0.25) is 0 Å². The van der Waals surface area contributed by atoms with E-state index in [4.69, 9.17) is 4.74 Å². The quantitative estimate of drug-likeness (QED) is 0.0478. The molecule has 3 heteroatoms. The van der Waals surface area contributed by atoms with E-state index in [1.165, 1.54) is 128 Å². The minimum atomic E-state index is -0.170. The van der Waals surface area contributed by atoms with Gasteiger partial charge in [-0.1, -0.05) is 174 Å². The third-order valence-electron chi connectivity index (χ3n) is 8.62. The first-order valence-electron chi connectivity index (χ1n) is 18.6. The van der Waals surface area contributed by atoms with Gasteiger partial charge in [-0.2, -0.15) is 0 Å². The van der Waals surface area contributed by atoms with Crippen LogP contribution in [-0.4, -0.2) is 23.8 Å². The summed E-state index contributed by atoms with van der Waals surface area (Å²) in [4.78, 5) is 12.9. The van der Waals surface area contributed by atoms with Crippen molar-refractivity contribution in [2.75, 3.05) is 6.61 Å². The Balaban J connectivity index is 4.05. The Kier molecular flexibility index (Phi) is 33.0. The molecule has 0 aliphatic heterocycles. The molecule has 0 aliphatic rings. The number of unbranched alkanes of at least 4 members (excludes halogenated alkanes) is 21. The molecule has 0 spiro atoms. The van der Waals surface area contributed by atoms with Gasteiger partial charge in [0.25, 0.3) is 0 Å². The molecule has 0 aliphatic carbocycles. The fourth-order valence-electron chi connectivity index (χ4n) is 5.73. The van der Waals surface area contributed by atoms with Gasteiger partial charge in [-0.25, -0.2) is 0 Å². The van der Waals surface area contributed by atoms with E-state index in [1.807, 2.05) is 0 Å². The van der Waals surface area contributed by atoms with Crippen LogP contribution >= 0.6 is 0 Å². The Morgan fingerprint density at radius 3 is 1.49 bits per heavy atom. The zero-order valence-electron chi connectivity index (χ0n) is 28.3. The van der Waals surface area contributed by atoms with Crippen molar-refractivity contribution in [3.63, 3.8) is 0 Å². The summed E-state index contributed by atoms with van der Waals surface area (Å²) in [6.07, 6.45) is 39.5. The molecule has 0 heterocycles. The molecule has 41 heavy (non-hydrogen) atoms. The highest BCUT2D eigenvalue weighted by molar-refractivity contribution is 5.72. The fraction of sp³-hybridized carbons (Fsp3) is 0.921. The van der Waals surface area contributed by atoms with E-state index in [0.717, 1.165) is 57.8 Å². The summed E-state index contributed by atoms with van der Waals surface area (Å²) in [6, 6.07) is 0. The lowest BCUT2D eigenvalue weighted by atomic mass is 9.94. The van der Waals surface area contributed by atoms with Crippen LogP contribution in [0, 0.1) is 5.92 Å². The van der Waals surface area contributed by atoms with Crippen LogP contribution in [0.25, 0.3) is 0 Å². The molecular weight excluding hydrogens is 504 g/mol. The number of carbonyl (C=O) groups is 1. The number of rotatable bonds is 33. The molecular formula is C38H74O3. The maximum absolute atomic E-state index is 12.9. The maximum atomic E-state index is 12.9. The van der Waals surface area contributed by atoms with Crippen LogP contribution in [0.4, 0.5) is 0 Å². The molecule has 0 amide bonds. The molecule has 0 aromatic carbocycles. The average Bonchev–Trinajstić information content (AvgIpc) is 2.97. The number of aliphatic hydroxyl groups is 1. The fourth-order valence-corrected chi connectivity index (χ4v) is 5.73. The van der Waals surface area contributed by atoms with Gasteiger partial charge in [0.05, 0.1) is 18.6 Å². The summed E-state index contributed by atoms with van der Waals surface area (Å²) in [5, 5.41) is 10.1. The van der Waals surface area contributed by atoms with Crippen LogP contribution in [0.5, 0.6) is 0 Å². The summed E-state index contributed by atoms with van der Waals surface area (Å²) in [5.41, 5.74) is 0. The lowest BCUT2D eigenvalue weighted by Crippen LogP contribution is -2.18. The molecule has 2 atom stereocenters. The van der Waals surface area contributed by atoms with Crippen molar-refractivity contribution < 1.29 is 14.6 Å². The van der Waals surface area contributed by atoms with Gasteiger partial charge in [-0.15, -0.1) is 0 Å². The first-order chi connectivity index (χ1) is 20.2. The summed E-state index contributed by atoms with van der Waals surface area (Å²) >= 11 is 0. The van der Waals surface area contributed by atoms with E-state index in [0.29, 0.717) is 6.61 Å². The van der Waals surface area contributed by atoms with Crippen molar-refractivity contribution in [3.05, 3.63) is 12.2 Å². The molecule has 0 bridgehead atoms. The van der Waals surface area contributed by atoms with Gasteiger partial charge in [0.15, 0.2) is 0 Å². The van der Waals surface area contributed by atoms with Gasteiger partial charge in [0.1, 0.15) is 0 Å². The Morgan fingerprint density at radius 2 is 0.951 bits per heavy atom. The van der Waals surface area contributed by atoms with E-state index < -0.39 is 0 Å². The van der Waals surface area contributed by atoms with Gasteiger partial charge in [-0.3, -0.25) is 4.79 Å². The largest absolute Gasteiger partial charge is 0.465 e. The third kappa shape index (κ3) is 30.4. The highest BCUT2D eigenvalue weighted by Gasteiger charge is 2.19. The van der Waals surface area contributed by atoms with Gasteiger partial charge >= 0.3 is 5.97 Å². The molecule has 1 N–H and O–H groups in total. The van der Waals surface area contributed by atoms with Crippen LogP contribution in [0.1, 0.15) is 207 Å². The van der Waals surface area contributed by atoms with E-state index in [1.54, 1.807) is 0 Å². The topological polar surface area (TPSA) is 46.5 Å². The smallest absolute Gasteiger partial charge is 0.308 e. The number of esters is 1. The Morgan fingerprint density at radius 1 is 0.537 bits per heavy atom. The highest BCUT2D eigenvalue weighted by Crippen LogP contribution is 2.21. The number of hydrogen-bond acceptors (Lipinski definition) is 3. The van der Waals surface area contributed by atoms with Crippen LogP contribution in [0.3, 0.4) is 0 Å². The van der Waals surface area contributed by atoms with E-state index in [-0.39, 0.29) is 18.0 Å². The summed E-state index contributed by atoms with van der Waals surface area (Å²) in [5.74, 6) is 0.175. The number of aliphatic hydroxyl groups excluding tert-OH is 1. The van der Waals surface area contributed by atoms with Crippen molar-refractivity contribution in [2.45, 2.75) is 213 Å². The van der Waals surface area contributed by atoms with Crippen molar-refractivity contribution in [1.29, 1.82) is 0 Å². The first-order valence-corrected chi connectivity index (χ1v) is 18.6. The van der Waals surface area contributed by atoms with E-state index in [2.05, 4.69) is 32.9 Å². The lowest BCUT2D eigenvalue weighted by molar-refractivity contribution is -0.149. The summed E-state index contributed by atoms with van der Waals surface area (Å²) in [7, 11) is 0. The van der Waals surface area contributed by atoms with Gasteiger partial charge < -0.3 is 9.84 Å². The molecule has 0 aromatic rings. The molecule has 0 rings (SSSR count). The number of hydrogen-bond donors (Lipinski definition) is 1. The second-order valence-electron chi connectivity index (χ2n) is 12.8. The molecule has 1 unspecified atom stereocenters. The number of ether oxygens (including phenoxy) is 1. The second kappa shape index (κ2) is 33.7. The lowest BCUT2D eigenvalue weighted by Gasteiger charge is -2.16. The molecule has 244 valence electrons. The summed E-state index contributed by atoms with van der Waals surface area (Å²) < 4.78 is 5.78. The Bertz CT molecular complexity index is 544. The van der Waals surface area contributed by atoms with Crippen molar-refractivity contribution in [1.82, 2.24) is 0 Å². The number of carbonyl (C=O) groups excluding carboxylic acids is 1. The predicted octanol–water partition coefficient (Wildman–Crippen LogP) is 12.4. The van der Waals surface area contributed by atoms with Gasteiger partial charge in [0.2, 0.25) is 0 Å². The standard InChI is InChI=1S/C38H74O3/c1-4-7-10-13-15-16-17-21-25-30-35-41-38(40)36(31-26-22-14-11-8-5-2)32-27-23-19-18-20-24-29-34-37(39)33-28-12-9-6-3/h24,29,36-37,39H,4-23,25-28,30-35H2,1-3H3/b29-24-/t36?,37-/m1/s1. The minimum Gasteiger partial charge on any atom is -0.465 e. The van der Waals surface area contributed by atoms with Crippen molar-refractivity contribution >= 4 is 5.97 Å². The van der Waals surface area contributed by atoms with Crippen LogP contribution in [0.15, 0.2) is 12.2 Å². The molecule has 0 saturated carbocycles. The SMILES string of the molecule is CCCCCCCCCCCCOC(=O)C(CCCCCC/C=C\C[C@H](O)CCCCCC)CCCCCCCC. The van der Waals surface area contributed by atoms with Crippen LogP contribution in [-0.2, 0) is 9.53 Å². The third-order valence-corrected chi connectivity index (χ3v) is 8.62. The van der Waals surface area contributed by atoms with E-state index >= 15 is 0 Å². The Hall–Kier alpha value is -0.830. The summed E-state index contributed by atoms with van der Waals surface area (Å²) in [6.45, 7) is 7.37. The maximum Gasteiger partial charge on any atom is 0.308 e. The van der Waals surface area contributed by atoms with Crippen molar-refractivity contribution in [2.24, 2.45) is 5.92 Å². The first kappa shape index (κ1) is 40.2. The van der Waals surface area contributed by atoms with Gasteiger partial charge in [0, 0.05) is 0 Å². The molecule has 0 fully saturated rings. The predicted molar refractivity (Wildman–Crippen MR) is 181 cm³/mol. The zero-order chi connectivity index (χ0) is 30.1. The average molecular weight is 579 g/mol. The highest BCUT2D eigenvalue weighted by atomic mass is 16.5. The van der Waals surface area contributed by atoms with Gasteiger partial charge in [-0.05, 0) is 44.9 Å². The number of allylic oxidation sites excluding steroid dienone is 1. The molecule has 0 radical (unpaired) electrons. The second-order valence-corrected chi connectivity index (χ2v) is 12.8. The van der Waals surface area contributed by atoms with Crippen LogP contribution < -0.4 is 0 Å². The molecule has 3 nitrogen and oxygen atoms in total. The van der Waals surface area contributed by atoms with E-state index in [9.17, 15) is 9.90 Å². The zero-order valence-corrected chi connectivity index (χ0v) is 28.3. The minimum absolute atomic E-state index is 0.0747. The Labute approximate surface area is 258 Å². The molecule has 0 saturated heterocycles.